The lowest BCUT2D eigenvalue weighted by molar-refractivity contribution is -0.117. The van der Waals surface area contributed by atoms with E-state index >= 15 is 0 Å². The van der Waals surface area contributed by atoms with E-state index in [0.29, 0.717) is 35.1 Å². The van der Waals surface area contributed by atoms with Crippen molar-refractivity contribution in [2.75, 3.05) is 32.1 Å². The molecule has 30 heavy (non-hydrogen) atoms. The highest BCUT2D eigenvalue weighted by Gasteiger charge is 2.38. The fourth-order valence-electron chi connectivity index (χ4n) is 4.94. The van der Waals surface area contributed by atoms with Gasteiger partial charge in [0.05, 0.1) is 19.3 Å². The lowest BCUT2D eigenvalue weighted by Gasteiger charge is -2.35. The van der Waals surface area contributed by atoms with E-state index in [0.717, 1.165) is 32.5 Å². The zero-order chi connectivity index (χ0) is 20.9. The first-order chi connectivity index (χ1) is 14.6. The van der Waals surface area contributed by atoms with Crippen LogP contribution in [-0.2, 0) is 11.3 Å². The molecule has 0 saturated carbocycles. The first-order valence-electron chi connectivity index (χ1n) is 10.8. The van der Waals surface area contributed by atoms with Crippen LogP contribution in [0.3, 0.4) is 0 Å². The number of likely N-dealkylation sites (tertiary alicyclic amines) is 2. The van der Waals surface area contributed by atoms with E-state index in [1.165, 1.54) is 18.4 Å². The number of benzene rings is 2. The maximum Gasteiger partial charge on any atom is 0.238 e. The number of rotatable bonds is 7. The van der Waals surface area contributed by atoms with Crippen LogP contribution in [0.2, 0.25) is 5.02 Å². The molecule has 2 unspecified atom stereocenters. The second kappa shape index (κ2) is 9.82. The fourth-order valence-corrected chi connectivity index (χ4v) is 5.11. The van der Waals surface area contributed by atoms with Crippen molar-refractivity contribution in [1.29, 1.82) is 0 Å². The van der Waals surface area contributed by atoms with Gasteiger partial charge in [0.15, 0.2) is 0 Å². The first-order valence-corrected chi connectivity index (χ1v) is 11.2. The Labute approximate surface area is 184 Å². The summed E-state index contributed by atoms with van der Waals surface area (Å²) >= 11 is 6.10. The number of ether oxygens (including phenoxy) is 1. The van der Waals surface area contributed by atoms with Crippen LogP contribution in [0.25, 0.3) is 0 Å². The number of hydrogen-bond acceptors (Lipinski definition) is 4. The highest BCUT2D eigenvalue weighted by atomic mass is 35.5. The van der Waals surface area contributed by atoms with Gasteiger partial charge in [-0.3, -0.25) is 14.6 Å². The minimum atomic E-state index is -0.0185. The summed E-state index contributed by atoms with van der Waals surface area (Å²) in [6, 6.07) is 16.9. The molecule has 2 aliphatic rings. The molecule has 0 aromatic heterocycles. The molecule has 0 spiro atoms. The SMILES string of the molecule is COc1ccc(Cl)cc1NC(=O)CN1CCCC1C1CCCN1Cc1ccccc1. The molecular formula is C24H30ClN3O2. The smallest absolute Gasteiger partial charge is 0.238 e. The minimum absolute atomic E-state index is 0.0185. The van der Waals surface area contributed by atoms with Gasteiger partial charge in [-0.25, -0.2) is 0 Å². The zero-order valence-corrected chi connectivity index (χ0v) is 18.3. The molecule has 2 heterocycles. The van der Waals surface area contributed by atoms with Crippen molar-refractivity contribution in [3.63, 3.8) is 0 Å². The van der Waals surface area contributed by atoms with Gasteiger partial charge in [-0.05, 0) is 62.5 Å². The van der Waals surface area contributed by atoms with E-state index in [2.05, 4.69) is 45.4 Å². The highest BCUT2D eigenvalue weighted by Crippen LogP contribution is 2.32. The Morgan fingerprint density at radius 3 is 2.50 bits per heavy atom. The number of halogens is 1. The maximum atomic E-state index is 12.8. The van der Waals surface area contributed by atoms with Crippen molar-refractivity contribution in [2.24, 2.45) is 0 Å². The van der Waals surface area contributed by atoms with Gasteiger partial charge in [0.2, 0.25) is 5.91 Å². The molecule has 6 heteroatoms. The van der Waals surface area contributed by atoms with Crippen molar-refractivity contribution in [1.82, 2.24) is 9.80 Å². The van der Waals surface area contributed by atoms with Crippen LogP contribution in [0.5, 0.6) is 5.75 Å². The number of anilines is 1. The number of carbonyl (C=O) groups is 1. The second-order valence-corrected chi connectivity index (χ2v) is 8.67. The molecule has 0 radical (unpaired) electrons. The van der Waals surface area contributed by atoms with Crippen LogP contribution in [0.1, 0.15) is 31.2 Å². The predicted molar refractivity (Wildman–Crippen MR) is 121 cm³/mol. The van der Waals surface area contributed by atoms with Crippen molar-refractivity contribution >= 4 is 23.2 Å². The Kier molecular flexibility index (Phi) is 6.93. The molecule has 1 amide bonds. The van der Waals surface area contributed by atoms with Gasteiger partial charge in [-0.15, -0.1) is 0 Å². The molecule has 1 N–H and O–H groups in total. The van der Waals surface area contributed by atoms with E-state index in [1.807, 2.05) is 0 Å². The number of hydrogen-bond donors (Lipinski definition) is 1. The standard InChI is InChI=1S/C24H30ClN3O2/c1-30-23-12-11-19(25)15-20(23)26-24(29)17-28-14-6-10-22(28)21-9-5-13-27(21)16-18-7-3-2-4-8-18/h2-4,7-8,11-12,15,21-22H,5-6,9-10,13-14,16-17H2,1H3,(H,26,29). The van der Waals surface area contributed by atoms with Gasteiger partial charge in [0, 0.05) is 23.7 Å². The lowest BCUT2D eigenvalue weighted by Crippen LogP contribution is -2.48. The highest BCUT2D eigenvalue weighted by molar-refractivity contribution is 6.31. The summed E-state index contributed by atoms with van der Waals surface area (Å²) in [7, 11) is 1.59. The summed E-state index contributed by atoms with van der Waals surface area (Å²) < 4.78 is 5.35. The topological polar surface area (TPSA) is 44.8 Å². The van der Waals surface area contributed by atoms with Crippen LogP contribution in [-0.4, -0.2) is 54.5 Å². The number of amides is 1. The van der Waals surface area contributed by atoms with E-state index in [-0.39, 0.29) is 5.91 Å². The van der Waals surface area contributed by atoms with Crippen molar-refractivity contribution in [3.8, 4) is 5.75 Å². The Morgan fingerprint density at radius 1 is 1.07 bits per heavy atom. The number of nitrogens with zero attached hydrogens (tertiary/aromatic N) is 2. The predicted octanol–water partition coefficient (Wildman–Crippen LogP) is 4.42. The second-order valence-electron chi connectivity index (χ2n) is 8.24. The molecule has 2 aromatic rings. The molecule has 2 atom stereocenters. The maximum absolute atomic E-state index is 12.8. The lowest BCUT2D eigenvalue weighted by atomic mass is 10.0. The van der Waals surface area contributed by atoms with Crippen LogP contribution in [0.4, 0.5) is 5.69 Å². The minimum Gasteiger partial charge on any atom is -0.495 e. The van der Waals surface area contributed by atoms with Crippen molar-refractivity contribution < 1.29 is 9.53 Å². The largest absolute Gasteiger partial charge is 0.495 e. The summed E-state index contributed by atoms with van der Waals surface area (Å²) in [4.78, 5) is 17.8. The molecule has 5 nitrogen and oxygen atoms in total. The van der Waals surface area contributed by atoms with Gasteiger partial charge in [0.25, 0.3) is 0 Å². The molecular weight excluding hydrogens is 398 g/mol. The number of carbonyl (C=O) groups excluding carboxylic acids is 1. The Bertz CT molecular complexity index is 861. The summed E-state index contributed by atoms with van der Waals surface area (Å²) in [5.74, 6) is 0.602. The molecule has 2 aromatic carbocycles. The number of nitrogens with one attached hydrogen (secondary N) is 1. The van der Waals surface area contributed by atoms with Crippen molar-refractivity contribution in [2.45, 2.75) is 44.3 Å². The van der Waals surface area contributed by atoms with Gasteiger partial charge in [-0.2, -0.15) is 0 Å². The van der Waals surface area contributed by atoms with Crippen LogP contribution < -0.4 is 10.1 Å². The summed E-state index contributed by atoms with van der Waals surface area (Å²) in [5.41, 5.74) is 1.98. The molecule has 2 saturated heterocycles. The summed E-state index contributed by atoms with van der Waals surface area (Å²) in [6.45, 7) is 3.49. The van der Waals surface area contributed by atoms with Crippen LogP contribution in [0, 0.1) is 0 Å². The van der Waals surface area contributed by atoms with Gasteiger partial charge in [-0.1, -0.05) is 41.9 Å². The molecule has 0 aliphatic carbocycles. The number of methoxy groups -OCH3 is 1. The Morgan fingerprint density at radius 2 is 1.77 bits per heavy atom. The molecule has 2 fully saturated rings. The molecule has 2 aliphatic heterocycles. The third-order valence-electron chi connectivity index (χ3n) is 6.28. The van der Waals surface area contributed by atoms with Crippen molar-refractivity contribution in [3.05, 3.63) is 59.1 Å². The summed E-state index contributed by atoms with van der Waals surface area (Å²) in [6.07, 6.45) is 4.74. The Hall–Kier alpha value is -2.08. The normalized spacial score (nSPS) is 22.3. The van der Waals surface area contributed by atoms with E-state index < -0.39 is 0 Å². The zero-order valence-electron chi connectivity index (χ0n) is 17.5. The Balaban J connectivity index is 1.39. The fraction of sp³-hybridized carbons (Fsp3) is 0.458. The molecule has 0 bridgehead atoms. The van der Waals surface area contributed by atoms with Gasteiger partial charge >= 0.3 is 0 Å². The van der Waals surface area contributed by atoms with Gasteiger partial charge < -0.3 is 10.1 Å². The molecule has 4 rings (SSSR count). The van der Waals surface area contributed by atoms with E-state index in [4.69, 9.17) is 16.3 Å². The van der Waals surface area contributed by atoms with E-state index in [9.17, 15) is 4.79 Å². The van der Waals surface area contributed by atoms with Crippen LogP contribution in [0.15, 0.2) is 48.5 Å². The molecule has 160 valence electrons. The quantitative estimate of drug-likeness (QED) is 0.710. The average molecular weight is 428 g/mol. The summed E-state index contributed by atoms with van der Waals surface area (Å²) in [5, 5.41) is 3.56. The monoisotopic (exact) mass is 427 g/mol. The van der Waals surface area contributed by atoms with Gasteiger partial charge in [0.1, 0.15) is 5.75 Å². The van der Waals surface area contributed by atoms with Crippen LogP contribution >= 0.6 is 11.6 Å². The average Bonchev–Trinajstić information content (AvgIpc) is 3.38. The third kappa shape index (κ3) is 4.97. The first kappa shape index (κ1) is 21.2. The third-order valence-corrected chi connectivity index (χ3v) is 6.52. The van der Waals surface area contributed by atoms with E-state index in [1.54, 1.807) is 25.3 Å².